The summed E-state index contributed by atoms with van der Waals surface area (Å²) in [6.45, 7) is 2.15. The van der Waals surface area contributed by atoms with Crippen molar-refractivity contribution in [2.75, 3.05) is 0 Å². The average Bonchev–Trinajstić information content (AvgIpc) is 2.67. The monoisotopic (exact) mass is 338 g/mol. The van der Waals surface area contributed by atoms with Crippen LogP contribution in [-0.2, 0) is 0 Å². The van der Waals surface area contributed by atoms with Crippen molar-refractivity contribution in [1.29, 1.82) is 0 Å². The molecule has 3 rings (SSSR count). The first kappa shape index (κ1) is 16.5. The van der Waals surface area contributed by atoms with Gasteiger partial charge in [-0.3, -0.25) is 0 Å². The molecule has 24 heavy (non-hydrogen) atoms. The molecule has 0 aromatic heterocycles. The van der Waals surface area contributed by atoms with Crippen LogP contribution < -0.4 is 9.41 Å². The van der Waals surface area contributed by atoms with Gasteiger partial charge in [0, 0.05) is 16.8 Å². The molecule has 0 spiro atoms. The fourth-order valence-corrected chi connectivity index (χ4v) is 3.32. The average molecular weight is 338 g/mol. The Bertz CT molecular complexity index is 790. The Balaban J connectivity index is 1.82. The van der Waals surface area contributed by atoms with Gasteiger partial charge >= 0.3 is 0 Å². The summed E-state index contributed by atoms with van der Waals surface area (Å²) >= 11 is 0. The molecule has 3 aromatic carbocycles. The highest BCUT2D eigenvalue weighted by Gasteiger charge is 2.13. The quantitative estimate of drug-likeness (QED) is 0.343. The van der Waals surface area contributed by atoms with Crippen molar-refractivity contribution < 1.29 is 14.7 Å². The Hall–Kier alpha value is -2.35. The first-order chi connectivity index (χ1) is 11.8. The van der Waals surface area contributed by atoms with Crippen molar-refractivity contribution in [3.8, 4) is 22.6 Å². The Morgan fingerprint density at radius 1 is 0.750 bits per heavy atom. The van der Waals surface area contributed by atoms with Crippen molar-refractivity contribution in [3.63, 3.8) is 0 Å². The maximum Gasteiger partial charge on any atom is 0.173 e. The minimum atomic E-state index is 0.296. The van der Waals surface area contributed by atoms with Crippen molar-refractivity contribution in [2.24, 2.45) is 0 Å². The van der Waals surface area contributed by atoms with Crippen molar-refractivity contribution >= 4 is 8.81 Å². The third-order valence-electron chi connectivity index (χ3n) is 3.81. The first-order valence-corrected chi connectivity index (χ1v) is 8.75. The summed E-state index contributed by atoms with van der Waals surface area (Å²) in [5.41, 5.74) is 3.26. The molecule has 0 aliphatic carbocycles. The lowest BCUT2D eigenvalue weighted by molar-refractivity contribution is -0.137. The summed E-state index contributed by atoms with van der Waals surface area (Å²) in [6, 6.07) is 25.5. The van der Waals surface area contributed by atoms with Crippen molar-refractivity contribution in [3.05, 3.63) is 84.4 Å². The minimum absolute atomic E-state index is 0.296. The highest BCUT2D eigenvalue weighted by atomic mass is 31.1. The van der Waals surface area contributed by atoms with Crippen LogP contribution in [0, 0.1) is 0 Å². The third kappa shape index (κ3) is 3.76. The zero-order valence-electron chi connectivity index (χ0n) is 13.3. The number of para-hydroxylation sites is 2. The molecule has 2 atom stereocenters. The van der Waals surface area contributed by atoms with Crippen LogP contribution in [-0.4, -0.2) is 5.26 Å². The highest BCUT2D eigenvalue weighted by molar-refractivity contribution is 7.33. The summed E-state index contributed by atoms with van der Waals surface area (Å²) in [4.78, 5) is 4.50. The molecule has 0 aliphatic heterocycles. The lowest BCUT2D eigenvalue weighted by Gasteiger charge is -2.16. The van der Waals surface area contributed by atoms with Crippen LogP contribution in [0.5, 0.6) is 11.5 Å². The molecule has 122 valence electrons. The topological polar surface area (TPSA) is 38.7 Å². The van der Waals surface area contributed by atoms with Crippen molar-refractivity contribution in [2.45, 2.75) is 12.6 Å². The van der Waals surface area contributed by atoms with E-state index in [0.717, 1.165) is 16.9 Å². The first-order valence-electron chi connectivity index (χ1n) is 7.77. The molecule has 2 unspecified atom stereocenters. The molecule has 3 aromatic rings. The summed E-state index contributed by atoms with van der Waals surface area (Å²) in [6.07, 6.45) is 0. The molecule has 0 radical (unpaired) electrons. The smallest absolute Gasteiger partial charge is 0.173 e. The van der Waals surface area contributed by atoms with Crippen LogP contribution in [0.2, 0.25) is 0 Å². The normalized spacial score (nSPS) is 12.2. The predicted molar refractivity (Wildman–Crippen MR) is 98.9 cm³/mol. The van der Waals surface area contributed by atoms with Crippen LogP contribution in [0.15, 0.2) is 78.9 Å². The molecule has 3 nitrogen and oxygen atoms in total. The van der Waals surface area contributed by atoms with Gasteiger partial charge in [-0.25, -0.2) is 5.26 Å². The van der Waals surface area contributed by atoms with Crippen molar-refractivity contribution in [1.82, 2.24) is 0 Å². The second kappa shape index (κ2) is 7.96. The number of hydrogen-bond acceptors (Lipinski definition) is 3. The SMILES string of the molecule is CC(POc1ccccc1-c1ccccc1OO)c1ccccc1. The van der Waals surface area contributed by atoms with Gasteiger partial charge in [-0.1, -0.05) is 73.7 Å². The van der Waals surface area contributed by atoms with E-state index >= 15 is 0 Å². The Kier molecular flexibility index (Phi) is 5.47. The maximum absolute atomic E-state index is 9.10. The fraction of sp³-hybridized carbons (Fsp3) is 0.100. The summed E-state index contributed by atoms with van der Waals surface area (Å²) < 4.78 is 6.10. The molecule has 1 N–H and O–H groups in total. The predicted octanol–water partition coefficient (Wildman–Crippen LogP) is 5.94. The fourth-order valence-electron chi connectivity index (χ4n) is 2.51. The van der Waals surface area contributed by atoms with Crippen LogP contribution in [0.1, 0.15) is 18.1 Å². The molecule has 0 saturated heterocycles. The Labute approximate surface area is 143 Å². The number of hydrogen-bond donors (Lipinski definition) is 1. The summed E-state index contributed by atoms with van der Waals surface area (Å²) in [5.74, 6) is 1.19. The number of rotatable bonds is 6. The van der Waals surface area contributed by atoms with E-state index in [4.69, 9.17) is 9.78 Å². The molecule has 0 saturated carbocycles. The van der Waals surface area contributed by atoms with Gasteiger partial charge in [0.05, 0.1) is 8.81 Å². The van der Waals surface area contributed by atoms with E-state index in [2.05, 4.69) is 23.9 Å². The van der Waals surface area contributed by atoms with Crippen LogP contribution in [0.25, 0.3) is 11.1 Å². The van der Waals surface area contributed by atoms with Gasteiger partial charge in [-0.2, -0.15) is 0 Å². The molecule has 0 bridgehead atoms. The Morgan fingerprint density at radius 2 is 1.29 bits per heavy atom. The largest absolute Gasteiger partial charge is 0.476 e. The highest BCUT2D eigenvalue weighted by Crippen LogP contribution is 2.41. The van der Waals surface area contributed by atoms with Gasteiger partial charge in [0.1, 0.15) is 5.75 Å². The van der Waals surface area contributed by atoms with Gasteiger partial charge < -0.3 is 9.41 Å². The van der Waals surface area contributed by atoms with E-state index in [1.54, 1.807) is 6.07 Å². The van der Waals surface area contributed by atoms with E-state index in [1.165, 1.54) is 5.56 Å². The van der Waals surface area contributed by atoms with Gasteiger partial charge in [0.2, 0.25) is 0 Å². The molecule has 4 heteroatoms. The maximum atomic E-state index is 9.10. The van der Waals surface area contributed by atoms with Gasteiger partial charge in [0.25, 0.3) is 0 Å². The minimum Gasteiger partial charge on any atom is -0.476 e. The molecular formula is C20H19O3P. The van der Waals surface area contributed by atoms with E-state index in [-0.39, 0.29) is 0 Å². The second-order valence-electron chi connectivity index (χ2n) is 5.44. The van der Waals surface area contributed by atoms with Crippen LogP contribution in [0.3, 0.4) is 0 Å². The van der Waals surface area contributed by atoms with E-state index in [9.17, 15) is 0 Å². The van der Waals surface area contributed by atoms with Crippen LogP contribution >= 0.6 is 8.81 Å². The third-order valence-corrected chi connectivity index (χ3v) is 4.83. The molecular weight excluding hydrogens is 319 g/mol. The van der Waals surface area contributed by atoms with Crippen LogP contribution in [0.4, 0.5) is 0 Å². The van der Waals surface area contributed by atoms with E-state index in [0.29, 0.717) is 20.2 Å². The zero-order chi connectivity index (χ0) is 16.8. The molecule has 0 aliphatic rings. The second-order valence-corrected chi connectivity index (χ2v) is 6.74. The Morgan fingerprint density at radius 3 is 1.96 bits per heavy atom. The number of benzene rings is 3. The lowest BCUT2D eigenvalue weighted by atomic mass is 10.0. The molecule has 0 heterocycles. The van der Waals surface area contributed by atoms with Gasteiger partial charge in [-0.15, -0.1) is 0 Å². The van der Waals surface area contributed by atoms with Gasteiger partial charge in [0.15, 0.2) is 5.75 Å². The zero-order valence-corrected chi connectivity index (χ0v) is 14.3. The molecule has 0 fully saturated rings. The summed E-state index contributed by atoms with van der Waals surface area (Å²) in [5, 5.41) is 9.10. The van der Waals surface area contributed by atoms with Gasteiger partial charge in [-0.05, 0) is 17.7 Å². The van der Waals surface area contributed by atoms with E-state index < -0.39 is 0 Å². The lowest BCUT2D eigenvalue weighted by Crippen LogP contribution is -1.92. The molecule has 0 amide bonds. The summed E-state index contributed by atoms with van der Waals surface area (Å²) in [7, 11) is 0.296. The standard InChI is InChI=1S/C20H19O3P/c1-15(16-9-3-2-4-10-16)24-23-20-14-8-6-12-18(20)17-11-5-7-13-19(17)22-21/h2-15,21,24H,1H3. The van der Waals surface area contributed by atoms with E-state index in [1.807, 2.05) is 60.7 Å².